The van der Waals surface area contributed by atoms with Gasteiger partial charge in [-0.25, -0.2) is 0 Å². The van der Waals surface area contributed by atoms with Gasteiger partial charge in [0.2, 0.25) is 0 Å². The zero-order valence-electron chi connectivity index (χ0n) is 9.13. The molecule has 1 aliphatic carbocycles. The minimum absolute atomic E-state index is 0.0211. The van der Waals surface area contributed by atoms with Crippen LogP contribution in [0.4, 0.5) is 0 Å². The molecule has 0 N–H and O–H groups in total. The normalized spacial score (nSPS) is 33.2. The van der Waals surface area contributed by atoms with E-state index in [1.165, 1.54) is 19.4 Å². The highest BCUT2D eigenvalue weighted by Gasteiger charge is 2.35. The van der Waals surface area contributed by atoms with Gasteiger partial charge in [-0.05, 0) is 32.6 Å². The van der Waals surface area contributed by atoms with Crippen molar-refractivity contribution in [3.63, 3.8) is 0 Å². The molecule has 2 rings (SSSR count). The topological polar surface area (TPSA) is 12.5 Å². The summed E-state index contributed by atoms with van der Waals surface area (Å²) in [5.74, 6) is 1.57. The average Bonchev–Trinajstić information content (AvgIpc) is 2.85. The van der Waals surface area contributed by atoms with E-state index in [1.54, 1.807) is 0 Å². The highest BCUT2D eigenvalue weighted by molar-refractivity contribution is 6.18. The lowest BCUT2D eigenvalue weighted by Gasteiger charge is -2.42. The summed E-state index contributed by atoms with van der Waals surface area (Å²) in [5, 5.41) is 0. The molecule has 0 aromatic heterocycles. The van der Waals surface area contributed by atoms with Gasteiger partial charge in [0.1, 0.15) is 0 Å². The van der Waals surface area contributed by atoms with E-state index in [4.69, 9.17) is 16.3 Å². The molecule has 3 heteroatoms. The maximum atomic E-state index is 5.88. The van der Waals surface area contributed by atoms with Crippen molar-refractivity contribution in [3.05, 3.63) is 0 Å². The van der Waals surface area contributed by atoms with E-state index in [0.29, 0.717) is 5.88 Å². The van der Waals surface area contributed by atoms with Crippen LogP contribution in [0.1, 0.15) is 26.7 Å². The minimum Gasteiger partial charge on any atom is -0.368 e. The Balaban J connectivity index is 1.89. The van der Waals surface area contributed by atoms with E-state index in [1.807, 2.05) is 0 Å². The molecule has 1 heterocycles. The van der Waals surface area contributed by atoms with E-state index in [9.17, 15) is 0 Å². The van der Waals surface area contributed by atoms with Crippen LogP contribution in [0.3, 0.4) is 0 Å². The maximum Gasteiger partial charge on any atom is 0.0844 e. The summed E-state index contributed by atoms with van der Waals surface area (Å²) in [7, 11) is 0. The lowest BCUT2D eigenvalue weighted by Crippen LogP contribution is -2.53. The van der Waals surface area contributed by atoms with Gasteiger partial charge < -0.3 is 4.74 Å². The molecule has 0 aromatic rings. The first kappa shape index (κ1) is 10.7. The molecule has 1 atom stereocenters. The number of nitrogens with zero attached hydrogens (tertiary/aromatic N) is 1. The van der Waals surface area contributed by atoms with Crippen LogP contribution < -0.4 is 0 Å². The summed E-state index contributed by atoms with van der Waals surface area (Å²) in [4.78, 5) is 2.52. The molecule has 0 radical (unpaired) electrons. The fourth-order valence-corrected chi connectivity index (χ4v) is 2.46. The third kappa shape index (κ3) is 2.85. The van der Waals surface area contributed by atoms with Gasteiger partial charge in [0.05, 0.1) is 11.7 Å². The quantitative estimate of drug-likeness (QED) is 0.672. The van der Waals surface area contributed by atoms with Crippen molar-refractivity contribution in [1.82, 2.24) is 4.90 Å². The molecular formula is C11H20ClNO. The van der Waals surface area contributed by atoms with Crippen molar-refractivity contribution in [2.75, 3.05) is 25.5 Å². The molecule has 82 valence electrons. The molecule has 2 fully saturated rings. The predicted octanol–water partition coefficient (Wildman–Crippen LogP) is 2.11. The van der Waals surface area contributed by atoms with Crippen LogP contribution in [0.2, 0.25) is 0 Å². The number of ether oxygens (including phenoxy) is 1. The van der Waals surface area contributed by atoms with Gasteiger partial charge in [-0.2, -0.15) is 0 Å². The van der Waals surface area contributed by atoms with Crippen molar-refractivity contribution in [1.29, 1.82) is 0 Å². The molecule has 1 saturated heterocycles. The Bertz CT molecular complexity index is 203. The van der Waals surface area contributed by atoms with Crippen LogP contribution in [-0.4, -0.2) is 42.1 Å². The number of alkyl halides is 1. The molecule has 0 amide bonds. The van der Waals surface area contributed by atoms with Crippen molar-refractivity contribution < 1.29 is 4.74 Å². The van der Waals surface area contributed by atoms with E-state index in [2.05, 4.69) is 18.7 Å². The molecule has 0 spiro atoms. The Labute approximate surface area is 91.6 Å². The lowest BCUT2D eigenvalue weighted by atomic mass is 10.1. The van der Waals surface area contributed by atoms with Crippen LogP contribution >= 0.6 is 11.6 Å². The molecule has 1 unspecified atom stereocenters. The van der Waals surface area contributed by atoms with Crippen molar-refractivity contribution in [2.45, 2.75) is 38.4 Å². The summed E-state index contributed by atoms with van der Waals surface area (Å²) in [6.07, 6.45) is 3.06. The minimum atomic E-state index is -0.0211. The highest BCUT2D eigenvalue weighted by Crippen LogP contribution is 2.32. The summed E-state index contributed by atoms with van der Waals surface area (Å²) in [5.41, 5.74) is -0.0211. The molecule has 2 aliphatic rings. The van der Waals surface area contributed by atoms with E-state index >= 15 is 0 Å². The van der Waals surface area contributed by atoms with Gasteiger partial charge in [-0.1, -0.05) is 0 Å². The number of rotatable bonds is 3. The fraction of sp³-hybridized carbons (Fsp3) is 1.00. The van der Waals surface area contributed by atoms with Gasteiger partial charge in [0, 0.05) is 25.5 Å². The van der Waals surface area contributed by atoms with Crippen LogP contribution in [-0.2, 0) is 4.74 Å². The molecule has 1 saturated carbocycles. The third-order valence-electron chi connectivity index (χ3n) is 2.94. The average molecular weight is 218 g/mol. The number of hydrogen-bond donors (Lipinski definition) is 0. The second-order valence-corrected chi connectivity index (χ2v) is 5.60. The molecular weight excluding hydrogens is 198 g/mol. The maximum absolute atomic E-state index is 5.88. The zero-order chi connectivity index (χ0) is 10.2. The molecule has 14 heavy (non-hydrogen) atoms. The third-order valence-corrected chi connectivity index (χ3v) is 3.28. The largest absolute Gasteiger partial charge is 0.368 e. The Morgan fingerprint density at radius 1 is 1.43 bits per heavy atom. The van der Waals surface area contributed by atoms with E-state index in [0.717, 1.165) is 19.0 Å². The highest BCUT2D eigenvalue weighted by atomic mass is 35.5. The number of morpholine rings is 1. The van der Waals surface area contributed by atoms with E-state index in [-0.39, 0.29) is 11.7 Å². The zero-order valence-corrected chi connectivity index (χ0v) is 9.89. The monoisotopic (exact) mass is 217 g/mol. The van der Waals surface area contributed by atoms with Crippen molar-refractivity contribution >= 4 is 11.6 Å². The lowest BCUT2D eigenvalue weighted by molar-refractivity contribution is -0.128. The molecule has 1 aliphatic heterocycles. The standard InChI is InChI=1S/C11H20ClNO/c1-11(2)8-13(6-9-3-4-9)7-10(5-12)14-11/h9-10H,3-8H2,1-2H3. The first-order valence-corrected chi connectivity index (χ1v) is 6.09. The summed E-state index contributed by atoms with van der Waals surface area (Å²) < 4.78 is 5.88. The van der Waals surface area contributed by atoms with Crippen molar-refractivity contribution in [3.8, 4) is 0 Å². The Hall–Kier alpha value is 0.210. The fourth-order valence-electron chi connectivity index (χ4n) is 2.30. The smallest absolute Gasteiger partial charge is 0.0844 e. The Morgan fingerprint density at radius 3 is 2.71 bits per heavy atom. The van der Waals surface area contributed by atoms with Crippen LogP contribution in [0.5, 0.6) is 0 Å². The SMILES string of the molecule is CC1(C)CN(CC2CC2)CC(CCl)O1. The summed E-state index contributed by atoms with van der Waals surface area (Å²) in [6.45, 7) is 7.64. The van der Waals surface area contributed by atoms with Crippen LogP contribution in [0, 0.1) is 5.92 Å². The second-order valence-electron chi connectivity index (χ2n) is 5.29. The van der Waals surface area contributed by atoms with Gasteiger partial charge in [-0.15, -0.1) is 11.6 Å². The number of halogens is 1. The molecule has 0 bridgehead atoms. The van der Waals surface area contributed by atoms with Gasteiger partial charge >= 0.3 is 0 Å². The van der Waals surface area contributed by atoms with E-state index < -0.39 is 0 Å². The Morgan fingerprint density at radius 2 is 2.14 bits per heavy atom. The summed E-state index contributed by atoms with van der Waals surface area (Å²) >= 11 is 5.87. The first-order chi connectivity index (χ1) is 6.59. The summed E-state index contributed by atoms with van der Waals surface area (Å²) in [6, 6.07) is 0. The Kier molecular flexibility index (Phi) is 3.06. The van der Waals surface area contributed by atoms with Crippen molar-refractivity contribution in [2.24, 2.45) is 5.92 Å². The second kappa shape index (κ2) is 3.99. The van der Waals surface area contributed by atoms with Crippen LogP contribution in [0.15, 0.2) is 0 Å². The van der Waals surface area contributed by atoms with Gasteiger partial charge in [0.25, 0.3) is 0 Å². The molecule has 0 aromatic carbocycles. The van der Waals surface area contributed by atoms with Gasteiger partial charge in [-0.3, -0.25) is 4.90 Å². The molecule has 2 nitrogen and oxygen atoms in total. The van der Waals surface area contributed by atoms with Gasteiger partial charge in [0.15, 0.2) is 0 Å². The first-order valence-electron chi connectivity index (χ1n) is 5.55. The number of hydrogen-bond acceptors (Lipinski definition) is 2. The predicted molar refractivity (Wildman–Crippen MR) is 58.8 cm³/mol. The van der Waals surface area contributed by atoms with Crippen LogP contribution in [0.25, 0.3) is 0 Å².